The minimum Gasteiger partial charge on any atom is -0.618 e. The maximum Gasteiger partial charge on any atom is 0.251 e. The van der Waals surface area contributed by atoms with Crippen LogP contribution in [0.5, 0.6) is 5.75 Å². The van der Waals surface area contributed by atoms with Crippen LogP contribution in [0.1, 0.15) is 11.1 Å². The van der Waals surface area contributed by atoms with Crippen LogP contribution in [0.15, 0.2) is 47.6 Å². The Balaban J connectivity index is 1.84. The molecule has 1 N–H and O–H groups in total. The Hall–Kier alpha value is -1.72. The molecule has 2 aromatic rings. The lowest BCUT2D eigenvalue weighted by Crippen LogP contribution is -2.29. The van der Waals surface area contributed by atoms with Crippen molar-refractivity contribution in [1.29, 1.82) is 0 Å². The molecular weight excluding hydrogens is 286 g/mol. The minimum atomic E-state index is -0.630. The van der Waals surface area contributed by atoms with Crippen LogP contribution in [0.25, 0.3) is 0 Å². The molecule has 0 bridgehead atoms. The summed E-state index contributed by atoms with van der Waals surface area (Å²) in [5.74, 6) is 1.20. The molecule has 0 saturated heterocycles. The molecule has 112 valence electrons. The summed E-state index contributed by atoms with van der Waals surface area (Å²) in [6.07, 6.45) is 0.816. The molecule has 1 unspecified atom stereocenters. The Labute approximate surface area is 129 Å². The molecule has 0 aliphatic heterocycles. The number of nitrogens with zero attached hydrogens (tertiary/aromatic N) is 1. The van der Waals surface area contributed by atoms with E-state index in [0.717, 1.165) is 21.6 Å². The van der Waals surface area contributed by atoms with E-state index in [-0.39, 0.29) is 6.61 Å². The number of hydrogen-bond donors (Lipinski definition) is 1. The summed E-state index contributed by atoms with van der Waals surface area (Å²) in [4.78, 5) is 0. The molecule has 5 heteroatoms. The van der Waals surface area contributed by atoms with Crippen molar-refractivity contribution in [3.63, 3.8) is 0 Å². The van der Waals surface area contributed by atoms with Crippen molar-refractivity contribution in [3.8, 4) is 5.75 Å². The van der Waals surface area contributed by atoms with Crippen LogP contribution in [0.3, 0.4) is 0 Å². The van der Waals surface area contributed by atoms with Crippen molar-refractivity contribution >= 4 is 11.8 Å². The smallest absolute Gasteiger partial charge is 0.251 e. The Kier molecular flexibility index (Phi) is 5.47. The van der Waals surface area contributed by atoms with Crippen LogP contribution in [-0.2, 0) is 0 Å². The molecule has 1 heterocycles. The third-order valence-electron chi connectivity index (χ3n) is 2.99. The first-order valence-electron chi connectivity index (χ1n) is 6.75. The number of aliphatic hydroxyl groups is 1. The van der Waals surface area contributed by atoms with Gasteiger partial charge >= 0.3 is 0 Å². The average molecular weight is 305 g/mol. The van der Waals surface area contributed by atoms with Crippen molar-refractivity contribution in [1.82, 2.24) is 0 Å². The first-order valence-corrected chi connectivity index (χ1v) is 7.74. The lowest BCUT2D eigenvalue weighted by molar-refractivity contribution is -0.645. The van der Waals surface area contributed by atoms with Gasteiger partial charge in [0.2, 0.25) is 0 Å². The third kappa shape index (κ3) is 4.65. The summed E-state index contributed by atoms with van der Waals surface area (Å²) < 4.78 is 6.44. The zero-order valence-corrected chi connectivity index (χ0v) is 13.0. The number of rotatable bonds is 6. The van der Waals surface area contributed by atoms with Gasteiger partial charge in [0.15, 0.2) is 6.20 Å². The largest absolute Gasteiger partial charge is 0.618 e. The van der Waals surface area contributed by atoms with E-state index < -0.39 is 6.10 Å². The number of aromatic nitrogens is 1. The van der Waals surface area contributed by atoms with E-state index >= 15 is 0 Å². The normalized spacial score (nSPS) is 12.1. The van der Waals surface area contributed by atoms with Crippen LogP contribution in [0, 0.1) is 19.1 Å². The fourth-order valence-electron chi connectivity index (χ4n) is 1.80. The maximum absolute atomic E-state index is 11.5. The molecule has 0 amide bonds. The monoisotopic (exact) mass is 305 g/mol. The number of hydrogen-bond acceptors (Lipinski definition) is 4. The lowest BCUT2D eigenvalue weighted by Gasteiger charge is -2.14. The highest BCUT2D eigenvalue weighted by atomic mass is 32.2. The van der Waals surface area contributed by atoms with Gasteiger partial charge in [0, 0.05) is 17.9 Å². The number of pyridine rings is 1. The second-order valence-corrected chi connectivity index (χ2v) is 5.95. The van der Waals surface area contributed by atoms with E-state index in [2.05, 4.69) is 0 Å². The van der Waals surface area contributed by atoms with E-state index in [1.165, 1.54) is 18.0 Å². The fourth-order valence-corrected chi connectivity index (χ4v) is 2.63. The van der Waals surface area contributed by atoms with Crippen LogP contribution in [-0.4, -0.2) is 23.6 Å². The van der Waals surface area contributed by atoms with Crippen LogP contribution in [0.4, 0.5) is 0 Å². The summed E-state index contributed by atoms with van der Waals surface area (Å²) >= 11 is 1.32. The molecule has 0 saturated carbocycles. The third-order valence-corrected chi connectivity index (χ3v) is 4.15. The van der Waals surface area contributed by atoms with E-state index in [1.54, 1.807) is 18.2 Å². The summed E-state index contributed by atoms with van der Waals surface area (Å²) in [6, 6.07) is 11.2. The zero-order valence-electron chi connectivity index (χ0n) is 12.2. The molecule has 2 rings (SSSR count). The molecule has 1 aromatic carbocycles. The fraction of sp³-hybridized carbons (Fsp3) is 0.312. The summed E-state index contributed by atoms with van der Waals surface area (Å²) in [5, 5.41) is 22.0. The Bertz CT molecular complexity index is 604. The van der Waals surface area contributed by atoms with Gasteiger partial charge in [-0.25, -0.2) is 0 Å². The topological polar surface area (TPSA) is 56.4 Å². The van der Waals surface area contributed by atoms with Crippen molar-refractivity contribution in [2.75, 3.05) is 12.4 Å². The van der Waals surface area contributed by atoms with Crippen molar-refractivity contribution < 1.29 is 14.6 Å². The van der Waals surface area contributed by atoms with Crippen molar-refractivity contribution in [2.24, 2.45) is 0 Å². The van der Waals surface area contributed by atoms with Gasteiger partial charge in [-0.05, 0) is 37.1 Å². The second kappa shape index (κ2) is 7.33. The number of aliphatic hydroxyl groups excluding tert-OH is 1. The number of thioether (sulfide) groups is 1. The molecular formula is C16H19NO3S. The van der Waals surface area contributed by atoms with Crippen molar-refractivity contribution in [2.45, 2.75) is 25.0 Å². The molecule has 0 aliphatic rings. The Morgan fingerprint density at radius 1 is 1.29 bits per heavy atom. The average Bonchev–Trinajstić information content (AvgIpc) is 2.47. The van der Waals surface area contributed by atoms with Crippen molar-refractivity contribution in [3.05, 3.63) is 58.9 Å². The Morgan fingerprint density at radius 2 is 2.10 bits per heavy atom. The SMILES string of the molecule is Cc1ccc(C)c(OCC(O)CSc2cccc[n+]2[O-])c1. The zero-order chi connectivity index (χ0) is 15.2. The Morgan fingerprint density at radius 3 is 2.86 bits per heavy atom. The number of benzene rings is 1. The van der Waals surface area contributed by atoms with Gasteiger partial charge in [-0.2, -0.15) is 4.73 Å². The standard InChI is InChI=1S/C16H19NO3S/c1-12-6-7-13(2)15(9-12)20-10-14(18)11-21-16-5-3-4-8-17(16)19/h3-9,14,18H,10-11H2,1-2H3. The van der Waals surface area contributed by atoms with Gasteiger partial charge in [-0.3, -0.25) is 0 Å². The summed E-state index contributed by atoms with van der Waals surface area (Å²) in [5.41, 5.74) is 2.16. The molecule has 1 atom stereocenters. The lowest BCUT2D eigenvalue weighted by atomic mass is 10.1. The van der Waals surface area contributed by atoms with Gasteiger partial charge in [-0.15, -0.1) is 0 Å². The highest BCUT2D eigenvalue weighted by Gasteiger charge is 2.11. The molecule has 0 spiro atoms. The van der Waals surface area contributed by atoms with Gasteiger partial charge < -0.3 is 15.1 Å². The molecule has 1 aromatic heterocycles. The number of ether oxygens (including phenoxy) is 1. The molecule has 0 fully saturated rings. The summed E-state index contributed by atoms with van der Waals surface area (Å²) in [6.45, 7) is 4.18. The quantitative estimate of drug-likeness (QED) is 0.506. The van der Waals surface area contributed by atoms with Crippen LogP contribution >= 0.6 is 11.8 Å². The van der Waals surface area contributed by atoms with Gasteiger partial charge in [-0.1, -0.05) is 23.9 Å². The van der Waals surface area contributed by atoms with Gasteiger partial charge in [0.25, 0.3) is 5.03 Å². The highest BCUT2D eigenvalue weighted by molar-refractivity contribution is 7.99. The number of aryl methyl sites for hydroxylation is 2. The predicted molar refractivity (Wildman–Crippen MR) is 83.5 cm³/mol. The minimum absolute atomic E-state index is 0.211. The van der Waals surface area contributed by atoms with E-state index in [1.807, 2.05) is 32.0 Å². The van der Waals surface area contributed by atoms with Gasteiger partial charge in [0.1, 0.15) is 12.4 Å². The van der Waals surface area contributed by atoms with Gasteiger partial charge in [0.05, 0.1) is 6.10 Å². The highest BCUT2D eigenvalue weighted by Crippen LogP contribution is 2.20. The molecule has 0 radical (unpaired) electrons. The maximum atomic E-state index is 11.5. The van der Waals surface area contributed by atoms with Crippen LogP contribution in [0.2, 0.25) is 0 Å². The van der Waals surface area contributed by atoms with E-state index in [9.17, 15) is 10.3 Å². The molecule has 21 heavy (non-hydrogen) atoms. The van der Waals surface area contributed by atoms with E-state index in [4.69, 9.17) is 4.74 Å². The summed E-state index contributed by atoms with van der Waals surface area (Å²) in [7, 11) is 0. The first-order chi connectivity index (χ1) is 10.1. The second-order valence-electron chi connectivity index (χ2n) is 4.91. The van der Waals surface area contributed by atoms with E-state index in [0.29, 0.717) is 10.8 Å². The predicted octanol–water partition coefficient (Wildman–Crippen LogP) is 2.47. The first kappa shape index (κ1) is 15.7. The molecule has 0 aliphatic carbocycles. The molecule has 4 nitrogen and oxygen atoms in total. The van der Waals surface area contributed by atoms with Crippen LogP contribution < -0.4 is 9.47 Å².